The van der Waals surface area contributed by atoms with Gasteiger partial charge in [-0.1, -0.05) is 0 Å². The van der Waals surface area contributed by atoms with Crippen molar-refractivity contribution in [2.75, 3.05) is 6.61 Å². The summed E-state index contributed by atoms with van der Waals surface area (Å²) in [5.41, 5.74) is 9.32. The number of allylic oxidation sites excluding steroid dienone is 1. The number of nitrogens with one attached hydrogen (secondary N) is 1. The van der Waals surface area contributed by atoms with Crippen molar-refractivity contribution in [3.8, 4) is 0 Å². The minimum absolute atomic E-state index is 0.214. The second-order valence-corrected chi connectivity index (χ2v) is 9.11. The lowest BCUT2D eigenvalue weighted by Crippen LogP contribution is -2.35. The summed E-state index contributed by atoms with van der Waals surface area (Å²) >= 11 is 0. The van der Waals surface area contributed by atoms with Crippen molar-refractivity contribution in [1.82, 2.24) is 19.9 Å². The molecule has 3 aromatic rings. The van der Waals surface area contributed by atoms with E-state index in [-0.39, 0.29) is 17.5 Å². The average molecular weight is 410 g/mol. The van der Waals surface area contributed by atoms with E-state index in [1.807, 2.05) is 6.20 Å². The van der Waals surface area contributed by atoms with Gasteiger partial charge in [-0.3, -0.25) is 4.98 Å². The molecule has 2 aliphatic rings. The molecule has 0 bridgehead atoms. The molecule has 1 atom stereocenters. The van der Waals surface area contributed by atoms with Crippen LogP contribution >= 0.6 is 0 Å². The topological polar surface area (TPSA) is 78.0 Å². The van der Waals surface area contributed by atoms with Crippen molar-refractivity contribution < 1.29 is 9.13 Å². The summed E-state index contributed by atoms with van der Waals surface area (Å²) in [6.45, 7) is 5.48. The van der Waals surface area contributed by atoms with Crippen molar-refractivity contribution in [3.05, 3.63) is 47.9 Å². The Bertz CT molecular complexity index is 1130. The third kappa shape index (κ3) is 3.62. The molecule has 3 N–H and O–H groups in total. The molecule has 0 spiro atoms. The molecule has 1 aromatic carbocycles. The molecule has 1 aliphatic carbocycles. The SMILES string of the molecule is CC1(C)CC(n2c(CN/C=C(\N)C3CC3)nc3cnc4ccc(F)cc4c32)CCO1. The standard InChI is InChI=1S/C23H28FN5O/c1-23(2)10-16(7-8-30-23)29-21(13-26-11-18(25)14-3-4-14)28-20-12-27-19-6-5-15(24)9-17(19)22(20)29/h5-6,9,11-12,14,16,26H,3-4,7-8,10,13,25H2,1-2H3/b18-11-. The number of nitrogens with zero attached hydrogens (tertiary/aromatic N) is 3. The highest BCUT2D eigenvalue weighted by Crippen LogP contribution is 2.37. The van der Waals surface area contributed by atoms with Gasteiger partial charge in [0.15, 0.2) is 0 Å². The van der Waals surface area contributed by atoms with Gasteiger partial charge in [-0.2, -0.15) is 0 Å². The predicted octanol–water partition coefficient (Wildman–Crippen LogP) is 4.15. The first-order valence-corrected chi connectivity index (χ1v) is 10.7. The minimum atomic E-state index is -0.267. The van der Waals surface area contributed by atoms with Crippen LogP contribution in [-0.4, -0.2) is 26.7 Å². The van der Waals surface area contributed by atoms with E-state index in [0.717, 1.165) is 46.3 Å². The molecule has 6 nitrogen and oxygen atoms in total. The fraction of sp³-hybridized carbons (Fsp3) is 0.478. The number of pyridine rings is 1. The van der Waals surface area contributed by atoms with Crippen LogP contribution in [0.1, 0.15) is 51.4 Å². The van der Waals surface area contributed by atoms with Crippen molar-refractivity contribution >= 4 is 21.9 Å². The lowest BCUT2D eigenvalue weighted by Gasteiger charge is -2.37. The van der Waals surface area contributed by atoms with Crippen molar-refractivity contribution in [2.45, 2.75) is 57.7 Å². The Kier molecular flexibility index (Phi) is 4.65. The number of halogens is 1. The highest BCUT2D eigenvalue weighted by Gasteiger charge is 2.32. The molecule has 2 fully saturated rings. The number of aromatic nitrogens is 3. The first-order valence-electron chi connectivity index (χ1n) is 10.7. The van der Waals surface area contributed by atoms with E-state index in [1.165, 1.54) is 18.9 Å². The van der Waals surface area contributed by atoms with Crippen LogP contribution in [0.15, 0.2) is 36.3 Å². The molecule has 0 amide bonds. The highest BCUT2D eigenvalue weighted by molar-refractivity contribution is 6.02. The van der Waals surface area contributed by atoms with Crippen LogP contribution in [0.25, 0.3) is 21.9 Å². The summed E-state index contributed by atoms with van der Waals surface area (Å²) in [6, 6.07) is 4.96. The zero-order chi connectivity index (χ0) is 20.9. The van der Waals surface area contributed by atoms with Crippen LogP contribution in [0.3, 0.4) is 0 Å². The second-order valence-electron chi connectivity index (χ2n) is 9.11. The van der Waals surface area contributed by atoms with Gasteiger partial charge in [-0.05, 0) is 63.6 Å². The van der Waals surface area contributed by atoms with Crippen molar-refractivity contribution in [2.24, 2.45) is 11.7 Å². The zero-order valence-electron chi connectivity index (χ0n) is 17.5. The van der Waals surface area contributed by atoms with E-state index >= 15 is 0 Å². The lowest BCUT2D eigenvalue weighted by molar-refractivity contribution is -0.0688. The van der Waals surface area contributed by atoms with Gasteiger partial charge in [0.2, 0.25) is 0 Å². The molecule has 0 radical (unpaired) electrons. The summed E-state index contributed by atoms with van der Waals surface area (Å²) in [7, 11) is 0. The van der Waals surface area contributed by atoms with Gasteiger partial charge in [0.05, 0.1) is 29.4 Å². The Hall–Kier alpha value is -2.67. The third-order valence-corrected chi connectivity index (χ3v) is 6.16. The average Bonchev–Trinajstić information content (AvgIpc) is 3.48. The first-order chi connectivity index (χ1) is 14.4. The molecule has 1 unspecified atom stereocenters. The van der Waals surface area contributed by atoms with E-state index in [1.54, 1.807) is 18.3 Å². The largest absolute Gasteiger partial charge is 0.401 e. The normalized spacial score (nSPS) is 22.0. The first kappa shape index (κ1) is 19.3. The van der Waals surface area contributed by atoms with Gasteiger partial charge in [0, 0.05) is 29.9 Å². The Balaban J connectivity index is 1.61. The van der Waals surface area contributed by atoms with Crippen LogP contribution in [0.5, 0.6) is 0 Å². The van der Waals surface area contributed by atoms with Gasteiger partial charge in [-0.15, -0.1) is 0 Å². The van der Waals surface area contributed by atoms with Crippen LogP contribution in [-0.2, 0) is 11.3 Å². The van der Waals surface area contributed by atoms with E-state index in [4.69, 9.17) is 15.5 Å². The number of fused-ring (bicyclic) bond motifs is 3. The maximum absolute atomic E-state index is 14.1. The van der Waals surface area contributed by atoms with Crippen molar-refractivity contribution in [3.63, 3.8) is 0 Å². The van der Waals surface area contributed by atoms with E-state index in [2.05, 4.69) is 28.7 Å². The molecular formula is C23H28FN5O. The maximum Gasteiger partial charge on any atom is 0.129 e. The predicted molar refractivity (Wildman–Crippen MR) is 115 cm³/mol. The molecule has 5 rings (SSSR count). The fourth-order valence-electron chi connectivity index (χ4n) is 4.53. The van der Waals surface area contributed by atoms with Crippen LogP contribution < -0.4 is 11.1 Å². The molecule has 1 aliphatic heterocycles. The molecule has 7 heteroatoms. The summed E-state index contributed by atoms with van der Waals surface area (Å²) in [4.78, 5) is 9.38. The lowest BCUT2D eigenvalue weighted by atomic mass is 9.93. The van der Waals surface area contributed by atoms with Gasteiger partial charge in [0.1, 0.15) is 17.2 Å². The molecular weight excluding hydrogens is 381 g/mol. The number of benzene rings is 1. The van der Waals surface area contributed by atoms with Gasteiger partial charge in [0.25, 0.3) is 0 Å². The molecule has 2 aromatic heterocycles. The summed E-state index contributed by atoms with van der Waals surface area (Å²) in [6.07, 6.45) is 7.79. The number of hydrogen-bond donors (Lipinski definition) is 2. The minimum Gasteiger partial charge on any atom is -0.401 e. The summed E-state index contributed by atoms with van der Waals surface area (Å²) in [5.74, 6) is 1.16. The van der Waals surface area contributed by atoms with Gasteiger partial charge in [-0.25, -0.2) is 9.37 Å². The Morgan fingerprint density at radius 3 is 2.93 bits per heavy atom. The van der Waals surface area contributed by atoms with E-state index < -0.39 is 0 Å². The second kappa shape index (κ2) is 7.23. The van der Waals surface area contributed by atoms with E-state index in [0.29, 0.717) is 19.1 Å². The van der Waals surface area contributed by atoms with Crippen LogP contribution in [0.2, 0.25) is 0 Å². The van der Waals surface area contributed by atoms with Gasteiger partial charge >= 0.3 is 0 Å². The molecule has 3 heterocycles. The fourth-order valence-corrected chi connectivity index (χ4v) is 4.53. The zero-order valence-corrected chi connectivity index (χ0v) is 17.5. The number of rotatable bonds is 5. The summed E-state index contributed by atoms with van der Waals surface area (Å²) < 4.78 is 22.4. The quantitative estimate of drug-likeness (QED) is 0.662. The highest BCUT2D eigenvalue weighted by atomic mass is 19.1. The number of imidazole rings is 1. The molecule has 30 heavy (non-hydrogen) atoms. The Labute approximate surface area is 175 Å². The Morgan fingerprint density at radius 2 is 2.17 bits per heavy atom. The van der Waals surface area contributed by atoms with Crippen molar-refractivity contribution in [1.29, 1.82) is 0 Å². The van der Waals surface area contributed by atoms with Crippen LogP contribution in [0, 0.1) is 11.7 Å². The van der Waals surface area contributed by atoms with Crippen LogP contribution in [0.4, 0.5) is 4.39 Å². The number of nitrogens with two attached hydrogens (primary N) is 1. The molecule has 1 saturated carbocycles. The summed E-state index contributed by atoms with van der Waals surface area (Å²) in [5, 5.41) is 4.14. The smallest absolute Gasteiger partial charge is 0.129 e. The molecule has 1 saturated heterocycles. The molecule has 158 valence electrons. The monoisotopic (exact) mass is 409 g/mol. The third-order valence-electron chi connectivity index (χ3n) is 6.16. The number of ether oxygens (including phenoxy) is 1. The number of hydrogen-bond acceptors (Lipinski definition) is 5. The van der Waals surface area contributed by atoms with E-state index in [9.17, 15) is 4.39 Å². The maximum atomic E-state index is 14.1. The Morgan fingerprint density at radius 1 is 1.33 bits per heavy atom. The van der Waals surface area contributed by atoms with Gasteiger partial charge < -0.3 is 20.4 Å².